The van der Waals surface area contributed by atoms with Gasteiger partial charge in [-0.15, -0.1) is 0 Å². The maximum Gasteiger partial charge on any atom is 0.0487 e. The average molecular weight is 288 g/mol. The van der Waals surface area contributed by atoms with Crippen LogP contribution in [-0.2, 0) is 0 Å². The molecule has 1 spiro atoms. The molecule has 3 fully saturated rings. The molecule has 0 heterocycles. The molecule has 2 bridgehead atoms. The number of hydrogen-bond donors (Lipinski definition) is 1. The molecular formula is C20H32O. The first kappa shape index (κ1) is 14.3. The van der Waals surface area contributed by atoms with E-state index < -0.39 is 0 Å². The average Bonchev–Trinajstić information content (AvgIpc) is 2.69. The fraction of sp³-hybridized carbons (Fsp3) is 0.900. The monoisotopic (exact) mass is 288 g/mol. The number of fused-ring (bicyclic) bond motifs is 3. The van der Waals surface area contributed by atoms with E-state index in [1.807, 2.05) is 0 Å². The van der Waals surface area contributed by atoms with Crippen LogP contribution in [0.1, 0.15) is 72.1 Å². The van der Waals surface area contributed by atoms with Crippen molar-refractivity contribution in [2.24, 2.45) is 33.5 Å². The first-order valence-electron chi connectivity index (χ1n) is 9.17. The van der Waals surface area contributed by atoms with Crippen LogP contribution in [0.2, 0.25) is 0 Å². The van der Waals surface area contributed by atoms with E-state index in [9.17, 15) is 5.11 Å². The van der Waals surface area contributed by atoms with Crippen LogP contribution >= 0.6 is 0 Å². The Hall–Kier alpha value is -0.300. The molecule has 0 saturated heterocycles. The minimum absolute atomic E-state index is 0.178. The maximum atomic E-state index is 10.1. The highest BCUT2D eigenvalue weighted by Gasteiger charge is 2.63. The van der Waals surface area contributed by atoms with E-state index >= 15 is 0 Å². The molecule has 1 N–H and O–H groups in total. The topological polar surface area (TPSA) is 20.2 Å². The molecule has 0 unspecified atom stereocenters. The lowest BCUT2D eigenvalue weighted by atomic mass is 9.40. The minimum Gasteiger partial charge on any atom is -0.396 e. The van der Waals surface area contributed by atoms with E-state index in [4.69, 9.17) is 0 Å². The molecule has 0 aromatic carbocycles. The fourth-order valence-corrected chi connectivity index (χ4v) is 7.46. The van der Waals surface area contributed by atoms with Gasteiger partial charge in [-0.25, -0.2) is 0 Å². The highest BCUT2D eigenvalue weighted by molar-refractivity contribution is 5.25. The molecule has 118 valence electrons. The van der Waals surface area contributed by atoms with Crippen LogP contribution in [0.25, 0.3) is 0 Å². The van der Waals surface area contributed by atoms with Gasteiger partial charge in [0.2, 0.25) is 0 Å². The second-order valence-electron chi connectivity index (χ2n) is 9.75. The van der Waals surface area contributed by atoms with E-state index in [2.05, 4.69) is 32.9 Å². The van der Waals surface area contributed by atoms with Gasteiger partial charge in [0.05, 0.1) is 0 Å². The standard InChI is InChI=1S/C20H32O/c1-17-9-5-16-19(3)8-4-7-18(2,14-21)15(19)6-10-20(16,13-17)12-11-17/h11-12,15-16,21H,4-10,13-14H2,1-3H3/t15-,16+,17+,18-,19+,20-/m1/s1. The van der Waals surface area contributed by atoms with Crippen molar-refractivity contribution in [1.29, 1.82) is 0 Å². The Balaban J connectivity index is 1.74. The summed E-state index contributed by atoms with van der Waals surface area (Å²) in [5.74, 6) is 1.60. The highest BCUT2D eigenvalue weighted by Crippen LogP contribution is 2.71. The summed E-state index contributed by atoms with van der Waals surface area (Å²) in [7, 11) is 0. The molecule has 1 heteroatoms. The molecule has 0 aromatic rings. The van der Waals surface area contributed by atoms with Crippen LogP contribution in [-0.4, -0.2) is 11.7 Å². The first-order chi connectivity index (χ1) is 9.86. The third-order valence-electron chi connectivity index (χ3n) is 8.41. The summed E-state index contributed by atoms with van der Waals surface area (Å²) >= 11 is 0. The van der Waals surface area contributed by atoms with Crippen molar-refractivity contribution in [3.05, 3.63) is 12.2 Å². The molecule has 4 aliphatic rings. The summed E-state index contributed by atoms with van der Waals surface area (Å²) in [5.41, 5.74) is 1.64. The van der Waals surface area contributed by atoms with Gasteiger partial charge in [0.1, 0.15) is 0 Å². The van der Waals surface area contributed by atoms with Gasteiger partial charge >= 0.3 is 0 Å². The normalized spacial score (nSPS) is 58.7. The zero-order valence-corrected chi connectivity index (χ0v) is 14.1. The van der Waals surface area contributed by atoms with Gasteiger partial charge < -0.3 is 5.11 Å². The van der Waals surface area contributed by atoms with Crippen molar-refractivity contribution >= 4 is 0 Å². The smallest absolute Gasteiger partial charge is 0.0487 e. The van der Waals surface area contributed by atoms with Crippen molar-refractivity contribution < 1.29 is 5.11 Å². The molecule has 0 amide bonds. The van der Waals surface area contributed by atoms with Gasteiger partial charge in [-0.2, -0.15) is 0 Å². The lowest BCUT2D eigenvalue weighted by Gasteiger charge is -2.64. The van der Waals surface area contributed by atoms with Crippen LogP contribution in [0, 0.1) is 33.5 Å². The Morgan fingerprint density at radius 2 is 1.71 bits per heavy atom. The SMILES string of the molecule is C[C@@]12C=C[C@]3(CC[C@@H]4[C@@](C)(CO)CCC[C@]4(C)[C@@H]3CC1)C2. The van der Waals surface area contributed by atoms with Gasteiger partial charge in [-0.05, 0) is 78.4 Å². The third-order valence-corrected chi connectivity index (χ3v) is 8.41. The third kappa shape index (κ3) is 1.73. The number of aliphatic hydroxyl groups is 1. The summed E-state index contributed by atoms with van der Waals surface area (Å²) in [5, 5.41) is 10.1. The molecule has 0 aromatic heterocycles. The van der Waals surface area contributed by atoms with Crippen LogP contribution < -0.4 is 0 Å². The van der Waals surface area contributed by atoms with Crippen LogP contribution in [0.3, 0.4) is 0 Å². The van der Waals surface area contributed by atoms with Crippen molar-refractivity contribution in [2.45, 2.75) is 72.1 Å². The van der Waals surface area contributed by atoms with E-state index in [0.717, 1.165) is 11.8 Å². The summed E-state index contributed by atoms with van der Waals surface area (Å²) in [4.78, 5) is 0. The van der Waals surface area contributed by atoms with Crippen LogP contribution in [0.4, 0.5) is 0 Å². The second kappa shape index (κ2) is 4.16. The molecule has 3 saturated carbocycles. The molecule has 0 radical (unpaired) electrons. The van der Waals surface area contributed by atoms with Crippen molar-refractivity contribution in [1.82, 2.24) is 0 Å². The van der Waals surface area contributed by atoms with Gasteiger partial charge in [-0.3, -0.25) is 0 Å². The number of aliphatic hydroxyl groups excluding tert-OH is 1. The first-order valence-corrected chi connectivity index (χ1v) is 9.17. The largest absolute Gasteiger partial charge is 0.396 e. The Morgan fingerprint density at radius 3 is 2.48 bits per heavy atom. The molecule has 21 heavy (non-hydrogen) atoms. The van der Waals surface area contributed by atoms with E-state index in [1.54, 1.807) is 0 Å². The van der Waals surface area contributed by atoms with Crippen molar-refractivity contribution in [3.63, 3.8) is 0 Å². The summed E-state index contributed by atoms with van der Waals surface area (Å²) < 4.78 is 0. The Bertz CT molecular complexity index is 482. The van der Waals surface area contributed by atoms with Gasteiger partial charge in [0.25, 0.3) is 0 Å². The predicted molar refractivity (Wildman–Crippen MR) is 86.9 cm³/mol. The van der Waals surface area contributed by atoms with E-state index in [1.165, 1.54) is 51.4 Å². The number of rotatable bonds is 1. The van der Waals surface area contributed by atoms with E-state index in [-0.39, 0.29) is 5.41 Å². The molecule has 1 nitrogen and oxygen atoms in total. The lowest BCUT2D eigenvalue weighted by Crippen LogP contribution is -2.57. The van der Waals surface area contributed by atoms with Gasteiger partial charge in [0.15, 0.2) is 0 Å². The molecule has 4 aliphatic carbocycles. The maximum absolute atomic E-state index is 10.1. The zero-order valence-electron chi connectivity index (χ0n) is 14.1. The molecular weight excluding hydrogens is 256 g/mol. The quantitative estimate of drug-likeness (QED) is 0.677. The zero-order chi connectivity index (χ0) is 14.9. The fourth-order valence-electron chi connectivity index (χ4n) is 7.46. The minimum atomic E-state index is 0.178. The van der Waals surface area contributed by atoms with Crippen LogP contribution in [0.15, 0.2) is 12.2 Å². The highest BCUT2D eigenvalue weighted by atomic mass is 16.3. The predicted octanol–water partition coefficient (Wildman–Crippen LogP) is 4.95. The summed E-state index contributed by atoms with van der Waals surface area (Å²) in [6, 6.07) is 0. The van der Waals surface area contributed by atoms with E-state index in [0.29, 0.717) is 22.9 Å². The lowest BCUT2D eigenvalue weighted by molar-refractivity contribution is -0.154. The summed E-state index contributed by atoms with van der Waals surface area (Å²) in [6.45, 7) is 7.82. The van der Waals surface area contributed by atoms with Crippen LogP contribution in [0.5, 0.6) is 0 Å². The Morgan fingerprint density at radius 1 is 0.952 bits per heavy atom. The van der Waals surface area contributed by atoms with Gasteiger partial charge in [0, 0.05) is 6.61 Å². The molecule has 0 aliphatic heterocycles. The summed E-state index contributed by atoms with van der Waals surface area (Å²) in [6.07, 6.45) is 16.1. The van der Waals surface area contributed by atoms with Gasteiger partial charge in [-0.1, -0.05) is 39.3 Å². The molecule has 4 rings (SSSR count). The second-order valence-corrected chi connectivity index (χ2v) is 9.75. The van der Waals surface area contributed by atoms with Crippen molar-refractivity contribution in [3.8, 4) is 0 Å². The Labute approximate surface area is 130 Å². The molecule has 6 atom stereocenters. The van der Waals surface area contributed by atoms with Crippen molar-refractivity contribution in [2.75, 3.05) is 6.61 Å². The number of hydrogen-bond acceptors (Lipinski definition) is 1. The Kier molecular flexibility index (Phi) is 2.83. The number of allylic oxidation sites excluding steroid dienone is 2.